The van der Waals surface area contributed by atoms with E-state index in [1.807, 2.05) is 6.92 Å². The van der Waals surface area contributed by atoms with E-state index in [1.165, 1.54) is 10.6 Å². The molecule has 2 aromatic rings. The van der Waals surface area contributed by atoms with Crippen molar-refractivity contribution in [3.63, 3.8) is 0 Å². The minimum atomic E-state index is 0.457. The molecule has 0 N–H and O–H groups in total. The first-order chi connectivity index (χ1) is 8.67. The van der Waals surface area contributed by atoms with Crippen LogP contribution in [0.4, 0.5) is 0 Å². The molecule has 0 aliphatic carbocycles. The van der Waals surface area contributed by atoms with Crippen LogP contribution in [0.5, 0.6) is 0 Å². The SMILES string of the molecule is Cc1csc(CC(CCl)Cc2ccc(Br)cc2)n1. The Morgan fingerprint density at radius 2 is 2.00 bits per heavy atom. The molecule has 18 heavy (non-hydrogen) atoms. The Morgan fingerprint density at radius 1 is 1.28 bits per heavy atom. The average molecular weight is 345 g/mol. The molecule has 0 saturated carbocycles. The molecule has 0 amide bonds. The Balaban J connectivity index is 1.99. The monoisotopic (exact) mass is 343 g/mol. The van der Waals surface area contributed by atoms with Gasteiger partial charge >= 0.3 is 0 Å². The van der Waals surface area contributed by atoms with Crippen molar-refractivity contribution in [1.29, 1.82) is 0 Å². The molecule has 0 fully saturated rings. The lowest BCUT2D eigenvalue weighted by molar-refractivity contribution is 0.581. The lowest BCUT2D eigenvalue weighted by atomic mass is 9.98. The minimum Gasteiger partial charge on any atom is -0.247 e. The van der Waals surface area contributed by atoms with Crippen LogP contribution >= 0.6 is 38.9 Å². The van der Waals surface area contributed by atoms with E-state index in [1.54, 1.807) is 11.3 Å². The molecule has 0 spiro atoms. The van der Waals surface area contributed by atoms with Gasteiger partial charge in [0, 0.05) is 27.8 Å². The Labute approximate surface area is 125 Å². The van der Waals surface area contributed by atoms with Crippen molar-refractivity contribution in [1.82, 2.24) is 4.98 Å². The van der Waals surface area contributed by atoms with Gasteiger partial charge in [-0.2, -0.15) is 0 Å². The highest BCUT2D eigenvalue weighted by Crippen LogP contribution is 2.20. The molecule has 0 radical (unpaired) electrons. The Bertz CT molecular complexity index is 495. The highest BCUT2D eigenvalue weighted by Gasteiger charge is 2.12. The Hall–Kier alpha value is -0.380. The normalized spacial score (nSPS) is 12.6. The van der Waals surface area contributed by atoms with Crippen LogP contribution in [-0.2, 0) is 12.8 Å². The van der Waals surface area contributed by atoms with Crippen LogP contribution in [0.15, 0.2) is 34.1 Å². The van der Waals surface area contributed by atoms with Gasteiger partial charge in [-0.15, -0.1) is 22.9 Å². The number of nitrogens with zero attached hydrogens (tertiary/aromatic N) is 1. The van der Waals surface area contributed by atoms with E-state index < -0.39 is 0 Å². The fraction of sp³-hybridized carbons (Fsp3) is 0.357. The van der Waals surface area contributed by atoms with Gasteiger partial charge in [0.25, 0.3) is 0 Å². The van der Waals surface area contributed by atoms with Gasteiger partial charge < -0.3 is 0 Å². The number of alkyl halides is 1. The van der Waals surface area contributed by atoms with Gasteiger partial charge in [0.05, 0.1) is 5.01 Å². The summed E-state index contributed by atoms with van der Waals surface area (Å²) < 4.78 is 1.12. The Morgan fingerprint density at radius 3 is 2.56 bits per heavy atom. The number of hydrogen-bond donors (Lipinski definition) is 0. The van der Waals surface area contributed by atoms with Gasteiger partial charge in [-0.3, -0.25) is 0 Å². The second kappa shape index (κ2) is 6.69. The molecule has 1 aromatic heterocycles. The second-order valence-electron chi connectivity index (χ2n) is 4.44. The van der Waals surface area contributed by atoms with Crippen molar-refractivity contribution in [3.8, 4) is 0 Å². The first-order valence-corrected chi connectivity index (χ1v) is 8.09. The topological polar surface area (TPSA) is 12.9 Å². The third-order valence-electron chi connectivity index (χ3n) is 2.79. The van der Waals surface area contributed by atoms with E-state index in [4.69, 9.17) is 11.6 Å². The van der Waals surface area contributed by atoms with Crippen molar-refractivity contribution >= 4 is 38.9 Å². The fourth-order valence-electron chi connectivity index (χ4n) is 1.88. The number of aryl methyl sites for hydroxylation is 1. The van der Waals surface area contributed by atoms with Crippen LogP contribution in [0.3, 0.4) is 0 Å². The van der Waals surface area contributed by atoms with Gasteiger partial charge in [0.15, 0.2) is 0 Å². The molecule has 0 aliphatic rings. The third-order valence-corrected chi connectivity index (χ3v) is 4.74. The summed E-state index contributed by atoms with van der Waals surface area (Å²) in [7, 11) is 0. The predicted molar refractivity (Wildman–Crippen MR) is 82.6 cm³/mol. The molecule has 2 rings (SSSR count). The molecule has 0 bridgehead atoms. The maximum atomic E-state index is 6.07. The van der Waals surface area contributed by atoms with Crippen LogP contribution in [0, 0.1) is 12.8 Å². The fourth-order valence-corrected chi connectivity index (χ4v) is 3.25. The predicted octanol–water partition coefficient (Wildman–Crippen LogP) is 4.85. The van der Waals surface area contributed by atoms with Gasteiger partial charge in [0.2, 0.25) is 0 Å². The van der Waals surface area contributed by atoms with Crippen LogP contribution in [0.25, 0.3) is 0 Å². The summed E-state index contributed by atoms with van der Waals surface area (Å²) in [5.74, 6) is 1.13. The van der Waals surface area contributed by atoms with Crippen LogP contribution in [0.1, 0.15) is 16.3 Å². The van der Waals surface area contributed by atoms with Crippen molar-refractivity contribution in [2.24, 2.45) is 5.92 Å². The number of benzene rings is 1. The first-order valence-electron chi connectivity index (χ1n) is 5.89. The molecular formula is C14H15BrClNS. The summed E-state index contributed by atoms with van der Waals surface area (Å²) in [6.07, 6.45) is 1.98. The molecule has 4 heteroatoms. The summed E-state index contributed by atoms with van der Waals surface area (Å²) >= 11 is 11.3. The zero-order valence-electron chi connectivity index (χ0n) is 10.2. The lowest BCUT2D eigenvalue weighted by Crippen LogP contribution is -2.10. The van der Waals surface area contributed by atoms with Gasteiger partial charge in [-0.05, 0) is 37.0 Å². The lowest BCUT2D eigenvalue weighted by Gasteiger charge is -2.12. The number of aromatic nitrogens is 1. The number of rotatable bonds is 5. The number of thiazole rings is 1. The molecule has 1 atom stereocenters. The smallest absolute Gasteiger partial charge is 0.0931 e. The van der Waals surface area contributed by atoms with Crippen LogP contribution < -0.4 is 0 Å². The van der Waals surface area contributed by atoms with E-state index in [0.29, 0.717) is 11.8 Å². The van der Waals surface area contributed by atoms with Crippen LogP contribution in [-0.4, -0.2) is 10.9 Å². The summed E-state index contributed by atoms with van der Waals surface area (Å²) in [6, 6.07) is 8.45. The number of halogens is 2. The molecule has 1 aromatic carbocycles. The molecule has 1 unspecified atom stereocenters. The van der Waals surface area contributed by atoms with E-state index in [-0.39, 0.29) is 0 Å². The van der Waals surface area contributed by atoms with E-state index in [9.17, 15) is 0 Å². The van der Waals surface area contributed by atoms with Gasteiger partial charge in [-0.25, -0.2) is 4.98 Å². The summed E-state index contributed by atoms with van der Waals surface area (Å²) in [5.41, 5.74) is 2.43. The molecule has 1 nitrogen and oxygen atoms in total. The molecule has 96 valence electrons. The standard InChI is InChI=1S/C14H15BrClNS/c1-10-9-18-14(17-10)7-12(8-16)6-11-2-4-13(15)5-3-11/h2-5,9,12H,6-8H2,1H3. The zero-order valence-corrected chi connectivity index (χ0v) is 13.4. The maximum Gasteiger partial charge on any atom is 0.0931 e. The average Bonchev–Trinajstić information content (AvgIpc) is 2.77. The van der Waals surface area contributed by atoms with Gasteiger partial charge in [0.1, 0.15) is 0 Å². The largest absolute Gasteiger partial charge is 0.247 e. The van der Waals surface area contributed by atoms with Crippen molar-refractivity contribution < 1.29 is 0 Å². The zero-order chi connectivity index (χ0) is 13.0. The van der Waals surface area contributed by atoms with Crippen LogP contribution in [0.2, 0.25) is 0 Å². The molecular weight excluding hydrogens is 330 g/mol. The quantitative estimate of drug-likeness (QED) is 0.706. The first kappa shape index (κ1) is 14.0. The van der Waals surface area contributed by atoms with E-state index in [2.05, 4.69) is 50.6 Å². The van der Waals surface area contributed by atoms with Crippen molar-refractivity contribution in [2.75, 3.05) is 5.88 Å². The molecule has 0 aliphatic heterocycles. The Kier molecular flexibility index (Phi) is 5.22. The highest BCUT2D eigenvalue weighted by atomic mass is 79.9. The summed E-state index contributed by atoms with van der Waals surface area (Å²) in [4.78, 5) is 4.51. The molecule has 0 saturated heterocycles. The summed E-state index contributed by atoms with van der Waals surface area (Å²) in [5, 5.41) is 3.29. The van der Waals surface area contributed by atoms with Crippen molar-refractivity contribution in [3.05, 3.63) is 50.4 Å². The molecule has 1 heterocycles. The van der Waals surface area contributed by atoms with E-state index >= 15 is 0 Å². The summed E-state index contributed by atoms with van der Waals surface area (Å²) in [6.45, 7) is 2.03. The van der Waals surface area contributed by atoms with E-state index in [0.717, 1.165) is 23.0 Å². The second-order valence-corrected chi connectivity index (χ2v) is 6.60. The highest BCUT2D eigenvalue weighted by molar-refractivity contribution is 9.10. The van der Waals surface area contributed by atoms with Gasteiger partial charge in [-0.1, -0.05) is 28.1 Å². The maximum absolute atomic E-state index is 6.07. The third kappa shape index (κ3) is 4.08. The minimum absolute atomic E-state index is 0.457. The van der Waals surface area contributed by atoms with Crippen molar-refractivity contribution in [2.45, 2.75) is 19.8 Å². The number of hydrogen-bond acceptors (Lipinski definition) is 2.